The van der Waals surface area contributed by atoms with Crippen LogP contribution in [0.3, 0.4) is 0 Å². The van der Waals surface area contributed by atoms with Crippen molar-refractivity contribution in [3.8, 4) is 6.07 Å². The van der Waals surface area contributed by atoms with Crippen LogP contribution in [0, 0.1) is 11.3 Å². The summed E-state index contributed by atoms with van der Waals surface area (Å²) in [5, 5.41) is 9.08. The molecule has 0 bridgehead atoms. The highest BCUT2D eigenvalue weighted by Gasteiger charge is 2.09. The third-order valence-electron chi connectivity index (χ3n) is 2.22. The lowest BCUT2D eigenvalue weighted by atomic mass is 10.2. The van der Waals surface area contributed by atoms with Crippen LogP contribution in [-0.4, -0.2) is 19.8 Å². The molecule has 0 aliphatic heterocycles. The minimum Gasteiger partial charge on any atom is -0.374 e. The zero-order chi connectivity index (χ0) is 10.6. The van der Waals surface area contributed by atoms with Gasteiger partial charge in [-0.2, -0.15) is 5.26 Å². The molecule has 1 aromatic rings. The van der Waals surface area contributed by atoms with E-state index in [1.165, 1.54) is 0 Å². The number of thioether (sulfide) groups is 1. The molecule has 0 fully saturated rings. The third kappa shape index (κ3) is 2.02. The van der Waals surface area contributed by atoms with E-state index in [0.717, 1.165) is 22.7 Å². The van der Waals surface area contributed by atoms with Gasteiger partial charge in [0.2, 0.25) is 0 Å². The van der Waals surface area contributed by atoms with Gasteiger partial charge >= 0.3 is 0 Å². The summed E-state index contributed by atoms with van der Waals surface area (Å²) in [5.74, 6) is 0. The van der Waals surface area contributed by atoms with Gasteiger partial charge in [0, 0.05) is 18.5 Å². The summed E-state index contributed by atoms with van der Waals surface area (Å²) in [6, 6.07) is 8.23. The predicted octanol–water partition coefficient (Wildman–Crippen LogP) is 2.74. The molecule has 0 radical (unpaired) electrons. The molecule has 0 amide bonds. The van der Waals surface area contributed by atoms with Crippen LogP contribution in [0.1, 0.15) is 12.5 Å². The summed E-state index contributed by atoms with van der Waals surface area (Å²) < 4.78 is 0. The molecule has 0 heterocycles. The van der Waals surface area contributed by atoms with Gasteiger partial charge in [0.15, 0.2) is 0 Å². The number of anilines is 1. The van der Waals surface area contributed by atoms with Crippen molar-refractivity contribution in [3.63, 3.8) is 0 Å². The minimum absolute atomic E-state index is 0.782. The highest BCUT2D eigenvalue weighted by molar-refractivity contribution is 7.98. The molecule has 0 spiro atoms. The second kappa shape index (κ2) is 4.92. The van der Waals surface area contributed by atoms with E-state index in [0.29, 0.717) is 0 Å². The largest absolute Gasteiger partial charge is 0.374 e. The number of nitriles is 1. The predicted molar refractivity (Wildman–Crippen MR) is 61.9 cm³/mol. The smallest absolute Gasteiger partial charge is 0.102 e. The molecular weight excluding hydrogens is 192 g/mol. The number of benzene rings is 1. The Bertz CT molecular complexity index is 355. The first-order chi connectivity index (χ1) is 6.74. The molecular formula is C11H14N2S. The highest BCUT2D eigenvalue weighted by atomic mass is 32.2. The van der Waals surface area contributed by atoms with Crippen LogP contribution in [0.15, 0.2) is 23.1 Å². The first kappa shape index (κ1) is 10.9. The molecule has 0 unspecified atom stereocenters. The van der Waals surface area contributed by atoms with Crippen LogP contribution in [0.5, 0.6) is 0 Å². The van der Waals surface area contributed by atoms with Crippen LogP contribution in [-0.2, 0) is 0 Å². The molecule has 0 atom stereocenters. The van der Waals surface area contributed by atoms with Gasteiger partial charge in [-0.25, -0.2) is 0 Å². The van der Waals surface area contributed by atoms with E-state index in [1.807, 2.05) is 31.5 Å². The molecule has 1 rings (SSSR count). The van der Waals surface area contributed by atoms with Crippen molar-refractivity contribution in [1.82, 2.24) is 0 Å². The number of rotatable bonds is 3. The average Bonchev–Trinajstić information content (AvgIpc) is 2.26. The highest BCUT2D eigenvalue weighted by Crippen LogP contribution is 2.28. The number of hydrogen-bond donors (Lipinski definition) is 0. The molecule has 0 aliphatic rings. The zero-order valence-electron chi connectivity index (χ0n) is 8.74. The van der Waals surface area contributed by atoms with Gasteiger partial charge in [-0.05, 0) is 25.3 Å². The van der Waals surface area contributed by atoms with Gasteiger partial charge in [-0.15, -0.1) is 11.8 Å². The first-order valence-electron chi connectivity index (χ1n) is 4.52. The van der Waals surface area contributed by atoms with Crippen LogP contribution >= 0.6 is 11.8 Å². The lowest BCUT2D eigenvalue weighted by molar-refractivity contribution is 0.961. The summed E-state index contributed by atoms with van der Waals surface area (Å²) in [4.78, 5) is 3.13. The SMILES string of the molecule is CCN(C)c1cccc(SC)c1C#N. The molecule has 0 saturated heterocycles. The molecule has 1 aromatic carbocycles. The monoisotopic (exact) mass is 206 g/mol. The second-order valence-corrected chi connectivity index (χ2v) is 3.83. The minimum atomic E-state index is 0.782. The summed E-state index contributed by atoms with van der Waals surface area (Å²) in [5.41, 5.74) is 1.80. The maximum atomic E-state index is 9.08. The van der Waals surface area contributed by atoms with E-state index in [-0.39, 0.29) is 0 Å². The summed E-state index contributed by atoms with van der Waals surface area (Å²) >= 11 is 1.61. The Labute approximate surface area is 89.5 Å². The van der Waals surface area contributed by atoms with Crippen molar-refractivity contribution in [2.45, 2.75) is 11.8 Å². The van der Waals surface area contributed by atoms with Crippen molar-refractivity contribution in [2.75, 3.05) is 24.7 Å². The average molecular weight is 206 g/mol. The Morgan fingerprint density at radius 1 is 1.50 bits per heavy atom. The topological polar surface area (TPSA) is 27.0 Å². The Kier molecular flexibility index (Phi) is 3.84. The molecule has 3 heteroatoms. The van der Waals surface area contributed by atoms with Gasteiger partial charge in [-0.1, -0.05) is 6.07 Å². The molecule has 0 saturated carbocycles. The Hall–Kier alpha value is -1.14. The van der Waals surface area contributed by atoms with E-state index in [2.05, 4.69) is 17.9 Å². The van der Waals surface area contributed by atoms with E-state index >= 15 is 0 Å². The lowest BCUT2D eigenvalue weighted by Crippen LogP contribution is -2.17. The van der Waals surface area contributed by atoms with Crippen LogP contribution in [0.2, 0.25) is 0 Å². The van der Waals surface area contributed by atoms with E-state index < -0.39 is 0 Å². The summed E-state index contributed by atoms with van der Waals surface area (Å²) in [6.07, 6.45) is 1.99. The summed E-state index contributed by atoms with van der Waals surface area (Å²) in [7, 11) is 2.00. The molecule has 0 aromatic heterocycles. The van der Waals surface area contributed by atoms with Crippen LogP contribution in [0.25, 0.3) is 0 Å². The fourth-order valence-corrected chi connectivity index (χ4v) is 1.86. The zero-order valence-corrected chi connectivity index (χ0v) is 9.56. The van der Waals surface area contributed by atoms with Crippen LogP contribution < -0.4 is 4.90 Å². The van der Waals surface area contributed by atoms with Crippen molar-refractivity contribution < 1.29 is 0 Å². The molecule has 0 aliphatic carbocycles. The van der Waals surface area contributed by atoms with Gasteiger partial charge in [0.05, 0.1) is 11.3 Å². The molecule has 2 nitrogen and oxygen atoms in total. The number of nitrogens with zero attached hydrogens (tertiary/aromatic N) is 2. The Balaban J connectivity index is 3.23. The van der Waals surface area contributed by atoms with E-state index in [1.54, 1.807) is 11.8 Å². The van der Waals surface area contributed by atoms with Gasteiger partial charge in [0.1, 0.15) is 6.07 Å². The van der Waals surface area contributed by atoms with Crippen LogP contribution in [0.4, 0.5) is 5.69 Å². The normalized spacial score (nSPS) is 9.57. The van der Waals surface area contributed by atoms with Gasteiger partial charge in [-0.3, -0.25) is 0 Å². The number of hydrogen-bond acceptors (Lipinski definition) is 3. The first-order valence-corrected chi connectivity index (χ1v) is 5.75. The fraction of sp³-hybridized carbons (Fsp3) is 0.364. The van der Waals surface area contributed by atoms with Crippen molar-refractivity contribution in [3.05, 3.63) is 23.8 Å². The fourth-order valence-electron chi connectivity index (χ4n) is 1.29. The molecule has 74 valence electrons. The van der Waals surface area contributed by atoms with Crippen molar-refractivity contribution in [1.29, 1.82) is 5.26 Å². The molecule has 0 N–H and O–H groups in total. The standard InChI is InChI=1S/C11H14N2S/c1-4-13(2)10-6-5-7-11(14-3)9(10)8-12/h5-7H,4H2,1-3H3. The summed E-state index contributed by atoms with van der Waals surface area (Å²) in [6.45, 7) is 2.99. The quantitative estimate of drug-likeness (QED) is 0.711. The lowest BCUT2D eigenvalue weighted by Gasteiger charge is -2.19. The second-order valence-electron chi connectivity index (χ2n) is 2.98. The Morgan fingerprint density at radius 2 is 2.21 bits per heavy atom. The van der Waals surface area contributed by atoms with E-state index in [9.17, 15) is 0 Å². The van der Waals surface area contributed by atoms with Gasteiger partial charge in [0.25, 0.3) is 0 Å². The maximum Gasteiger partial charge on any atom is 0.102 e. The van der Waals surface area contributed by atoms with Gasteiger partial charge < -0.3 is 4.90 Å². The third-order valence-corrected chi connectivity index (χ3v) is 3.00. The van der Waals surface area contributed by atoms with Crippen molar-refractivity contribution >= 4 is 17.4 Å². The Morgan fingerprint density at radius 3 is 2.71 bits per heavy atom. The maximum absolute atomic E-state index is 9.08. The molecule has 14 heavy (non-hydrogen) atoms. The van der Waals surface area contributed by atoms with Crippen molar-refractivity contribution in [2.24, 2.45) is 0 Å². The van der Waals surface area contributed by atoms with E-state index in [4.69, 9.17) is 5.26 Å².